The zero-order chi connectivity index (χ0) is 15.3. The Bertz CT molecular complexity index is 443. The molecule has 0 bridgehead atoms. The molecule has 0 aliphatic heterocycles. The van der Waals surface area contributed by atoms with E-state index in [-0.39, 0.29) is 24.2 Å². The second-order valence-corrected chi connectivity index (χ2v) is 5.28. The zero-order valence-electron chi connectivity index (χ0n) is 12.8. The number of aliphatic hydroxyl groups is 1. The van der Waals surface area contributed by atoms with Gasteiger partial charge in [-0.15, -0.1) is 0 Å². The van der Waals surface area contributed by atoms with E-state index in [1.54, 1.807) is 13.1 Å². The summed E-state index contributed by atoms with van der Waals surface area (Å²) in [6.07, 6.45) is -0.590. The van der Waals surface area contributed by atoms with Crippen LogP contribution in [0.3, 0.4) is 0 Å². The highest BCUT2D eigenvalue weighted by molar-refractivity contribution is 5.92. The Hall–Kier alpha value is -1.60. The SMILES string of the molecule is CC(C)Oc1cc(C(=O)NCC(O)CN(C)C)nn1C. The number of ether oxygens (including phenoxy) is 1. The van der Waals surface area contributed by atoms with E-state index in [1.807, 2.05) is 32.8 Å². The molecule has 7 heteroatoms. The molecule has 0 radical (unpaired) electrons. The Morgan fingerprint density at radius 1 is 1.55 bits per heavy atom. The lowest BCUT2D eigenvalue weighted by molar-refractivity contribution is 0.0887. The Labute approximate surface area is 119 Å². The number of carbonyl (C=O) groups is 1. The van der Waals surface area contributed by atoms with E-state index in [1.165, 1.54) is 4.68 Å². The second kappa shape index (κ2) is 7.25. The number of aryl methyl sites for hydroxylation is 1. The Morgan fingerprint density at radius 3 is 2.75 bits per heavy atom. The molecule has 0 saturated carbocycles. The number of rotatable bonds is 7. The van der Waals surface area contributed by atoms with E-state index in [0.29, 0.717) is 12.4 Å². The molecule has 114 valence electrons. The van der Waals surface area contributed by atoms with E-state index in [2.05, 4.69) is 10.4 Å². The molecule has 0 aliphatic rings. The van der Waals surface area contributed by atoms with Crippen LogP contribution in [0.4, 0.5) is 0 Å². The highest BCUT2D eigenvalue weighted by Gasteiger charge is 2.15. The normalized spacial score (nSPS) is 12.8. The fraction of sp³-hybridized carbons (Fsp3) is 0.692. The first-order valence-electron chi connectivity index (χ1n) is 6.61. The third-order valence-electron chi connectivity index (χ3n) is 2.50. The summed E-state index contributed by atoms with van der Waals surface area (Å²) < 4.78 is 7.04. The predicted molar refractivity (Wildman–Crippen MR) is 75.9 cm³/mol. The van der Waals surface area contributed by atoms with Gasteiger partial charge < -0.3 is 20.1 Å². The van der Waals surface area contributed by atoms with E-state index < -0.39 is 6.10 Å². The van der Waals surface area contributed by atoms with Gasteiger partial charge in [0, 0.05) is 26.2 Å². The summed E-state index contributed by atoms with van der Waals surface area (Å²) in [5, 5.41) is 16.4. The molecule has 7 nitrogen and oxygen atoms in total. The van der Waals surface area contributed by atoms with Crippen molar-refractivity contribution in [2.45, 2.75) is 26.1 Å². The number of likely N-dealkylation sites (N-methyl/N-ethyl adjacent to an activating group) is 1. The van der Waals surface area contributed by atoms with Crippen LogP contribution in [0.15, 0.2) is 6.07 Å². The fourth-order valence-electron chi connectivity index (χ4n) is 1.70. The molecule has 0 saturated heterocycles. The number of hydrogen-bond acceptors (Lipinski definition) is 5. The summed E-state index contributed by atoms with van der Waals surface area (Å²) >= 11 is 0. The lowest BCUT2D eigenvalue weighted by Crippen LogP contribution is -2.37. The molecule has 1 amide bonds. The molecule has 20 heavy (non-hydrogen) atoms. The minimum absolute atomic E-state index is 0.0169. The second-order valence-electron chi connectivity index (χ2n) is 5.28. The molecular weight excluding hydrogens is 260 g/mol. The van der Waals surface area contributed by atoms with Crippen molar-refractivity contribution in [3.8, 4) is 5.88 Å². The summed E-state index contributed by atoms with van der Waals surface area (Å²) in [4.78, 5) is 13.8. The van der Waals surface area contributed by atoms with Crippen LogP contribution >= 0.6 is 0 Å². The molecule has 1 aromatic heterocycles. The monoisotopic (exact) mass is 284 g/mol. The Morgan fingerprint density at radius 2 is 2.20 bits per heavy atom. The molecule has 0 aromatic carbocycles. The van der Waals surface area contributed by atoms with Gasteiger partial charge in [0.1, 0.15) is 0 Å². The zero-order valence-corrected chi connectivity index (χ0v) is 12.8. The number of carbonyl (C=O) groups excluding carboxylic acids is 1. The standard InChI is InChI=1S/C13H24N4O3/c1-9(2)20-12-6-11(15-17(12)5)13(19)14-7-10(18)8-16(3)4/h6,9-10,18H,7-8H2,1-5H3,(H,14,19). The Kier molecular flexibility index (Phi) is 5.97. The first kappa shape index (κ1) is 16.5. The molecule has 1 atom stereocenters. The number of hydrogen-bond donors (Lipinski definition) is 2. The largest absolute Gasteiger partial charge is 0.475 e. The van der Waals surface area contributed by atoms with Gasteiger partial charge in [-0.25, -0.2) is 4.68 Å². The van der Waals surface area contributed by atoms with Crippen LogP contribution in [0.5, 0.6) is 5.88 Å². The van der Waals surface area contributed by atoms with Gasteiger partial charge in [0.25, 0.3) is 5.91 Å². The molecule has 0 aliphatic carbocycles. The van der Waals surface area contributed by atoms with Crippen LogP contribution in [-0.2, 0) is 7.05 Å². The minimum atomic E-state index is -0.607. The molecule has 1 heterocycles. The topological polar surface area (TPSA) is 79.6 Å². The highest BCUT2D eigenvalue weighted by atomic mass is 16.5. The molecule has 1 aromatic rings. The number of nitrogens with one attached hydrogen (secondary N) is 1. The van der Waals surface area contributed by atoms with Crippen molar-refractivity contribution in [1.29, 1.82) is 0 Å². The van der Waals surface area contributed by atoms with Crippen molar-refractivity contribution in [3.63, 3.8) is 0 Å². The lowest BCUT2D eigenvalue weighted by Gasteiger charge is -2.15. The third kappa shape index (κ3) is 5.18. The maximum absolute atomic E-state index is 11.9. The molecule has 0 fully saturated rings. The van der Waals surface area contributed by atoms with Gasteiger partial charge in [-0.3, -0.25) is 4.79 Å². The third-order valence-corrected chi connectivity index (χ3v) is 2.50. The van der Waals surface area contributed by atoms with E-state index in [4.69, 9.17) is 4.74 Å². The predicted octanol–water partition coefficient (Wildman–Crippen LogP) is -0.140. The smallest absolute Gasteiger partial charge is 0.272 e. The van der Waals surface area contributed by atoms with Crippen LogP contribution in [0.2, 0.25) is 0 Å². The van der Waals surface area contributed by atoms with Crippen molar-refractivity contribution in [2.24, 2.45) is 7.05 Å². The summed E-state index contributed by atoms with van der Waals surface area (Å²) in [5.41, 5.74) is 0.278. The van der Waals surface area contributed by atoms with Gasteiger partial charge in [0.15, 0.2) is 5.69 Å². The average Bonchev–Trinajstić information content (AvgIpc) is 2.66. The maximum atomic E-state index is 11.9. The number of amides is 1. The van der Waals surface area contributed by atoms with E-state index >= 15 is 0 Å². The lowest BCUT2D eigenvalue weighted by atomic mass is 10.3. The van der Waals surface area contributed by atoms with Crippen molar-refractivity contribution in [3.05, 3.63) is 11.8 Å². The molecule has 2 N–H and O–H groups in total. The molecule has 0 spiro atoms. The molecular formula is C13H24N4O3. The number of nitrogens with zero attached hydrogens (tertiary/aromatic N) is 3. The van der Waals surface area contributed by atoms with Crippen LogP contribution in [0.25, 0.3) is 0 Å². The molecule has 1 rings (SSSR count). The van der Waals surface area contributed by atoms with Crippen LogP contribution in [-0.4, -0.2) is 65.1 Å². The van der Waals surface area contributed by atoms with Crippen molar-refractivity contribution in [1.82, 2.24) is 20.0 Å². The Balaban J connectivity index is 2.55. The first-order chi connectivity index (χ1) is 9.29. The van der Waals surface area contributed by atoms with Crippen LogP contribution in [0, 0.1) is 0 Å². The van der Waals surface area contributed by atoms with E-state index in [9.17, 15) is 9.90 Å². The van der Waals surface area contributed by atoms with Crippen LogP contribution in [0.1, 0.15) is 24.3 Å². The summed E-state index contributed by atoms with van der Waals surface area (Å²) in [6, 6.07) is 1.59. The summed E-state index contributed by atoms with van der Waals surface area (Å²) in [7, 11) is 5.44. The maximum Gasteiger partial charge on any atom is 0.272 e. The van der Waals surface area contributed by atoms with Gasteiger partial charge in [-0.1, -0.05) is 0 Å². The van der Waals surface area contributed by atoms with Crippen molar-refractivity contribution in [2.75, 3.05) is 27.2 Å². The number of aliphatic hydroxyl groups excluding tert-OH is 1. The number of aromatic nitrogens is 2. The highest BCUT2D eigenvalue weighted by Crippen LogP contribution is 2.13. The van der Waals surface area contributed by atoms with Gasteiger partial charge in [-0.05, 0) is 27.9 Å². The fourth-order valence-corrected chi connectivity index (χ4v) is 1.70. The quantitative estimate of drug-likeness (QED) is 0.728. The van der Waals surface area contributed by atoms with Gasteiger partial charge in [0.2, 0.25) is 5.88 Å². The summed E-state index contributed by atoms with van der Waals surface area (Å²) in [6.45, 7) is 4.49. The van der Waals surface area contributed by atoms with Gasteiger partial charge in [0.05, 0.1) is 12.2 Å². The van der Waals surface area contributed by atoms with Gasteiger partial charge >= 0.3 is 0 Å². The van der Waals surface area contributed by atoms with Gasteiger partial charge in [-0.2, -0.15) is 5.10 Å². The van der Waals surface area contributed by atoms with Crippen LogP contribution < -0.4 is 10.1 Å². The minimum Gasteiger partial charge on any atom is -0.475 e. The van der Waals surface area contributed by atoms with Crippen molar-refractivity contribution < 1.29 is 14.6 Å². The van der Waals surface area contributed by atoms with Crippen molar-refractivity contribution >= 4 is 5.91 Å². The van der Waals surface area contributed by atoms with E-state index in [0.717, 1.165) is 0 Å². The first-order valence-corrected chi connectivity index (χ1v) is 6.61. The molecule has 1 unspecified atom stereocenters. The average molecular weight is 284 g/mol. The summed E-state index contributed by atoms with van der Waals surface area (Å²) in [5.74, 6) is 0.219.